The van der Waals surface area contributed by atoms with Crippen LogP contribution in [0.5, 0.6) is 0 Å². The number of halogens is 2. The molecule has 2 heterocycles. The van der Waals surface area contributed by atoms with Crippen molar-refractivity contribution >= 4 is 5.91 Å². The molecule has 0 fully saturated rings. The number of carbonyl (C=O) groups is 1. The number of carbonyl (C=O) groups excluding carboxylic acids is 1. The van der Waals surface area contributed by atoms with E-state index < -0.39 is 0 Å². The first-order valence-corrected chi connectivity index (χ1v) is 10.8. The number of oxazole rings is 1. The Hall–Kier alpha value is -3.80. The van der Waals surface area contributed by atoms with Crippen molar-refractivity contribution in [2.45, 2.75) is 25.8 Å². The highest BCUT2D eigenvalue weighted by atomic mass is 19.1. The molecule has 1 aliphatic rings. The SMILES string of the molecule is Cc1oc(-c2cccc(F)c2)nc1CC(=O)N1CCc2ccccc2[C@H]1c1ccc(F)cc1. The normalized spacial score (nSPS) is 15.4. The van der Waals surface area contributed by atoms with Crippen LogP contribution < -0.4 is 0 Å². The first kappa shape index (κ1) is 21.1. The van der Waals surface area contributed by atoms with E-state index in [-0.39, 0.29) is 35.9 Å². The van der Waals surface area contributed by atoms with Gasteiger partial charge in [0.25, 0.3) is 0 Å². The second-order valence-corrected chi connectivity index (χ2v) is 8.20. The molecule has 0 saturated heterocycles. The molecule has 5 rings (SSSR count). The van der Waals surface area contributed by atoms with Gasteiger partial charge in [-0.05, 0) is 60.4 Å². The monoisotopic (exact) mass is 444 g/mol. The molecule has 1 aromatic heterocycles. The Balaban J connectivity index is 1.46. The number of rotatable bonds is 4. The predicted octanol–water partition coefficient (Wildman–Crippen LogP) is 5.65. The van der Waals surface area contributed by atoms with E-state index in [9.17, 15) is 13.6 Å². The topological polar surface area (TPSA) is 46.3 Å². The van der Waals surface area contributed by atoms with E-state index in [0.717, 1.165) is 17.5 Å². The zero-order valence-electron chi connectivity index (χ0n) is 18.1. The average molecular weight is 444 g/mol. The van der Waals surface area contributed by atoms with E-state index in [1.807, 2.05) is 23.1 Å². The van der Waals surface area contributed by atoms with E-state index in [4.69, 9.17) is 4.42 Å². The van der Waals surface area contributed by atoms with Crippen molar-refractivity contribution in [1.29, 1.82) is 0 Å². The van der Waals surface area contributed by atoms with Gasteiger partial charge in [0.15, 0.2) is 0 Å². The van der Waals surface area contributed by atoms with Crippen molar-refractivity contribution in [2.24, 2.45) is 0 Å². The molecule has 3 aromatic carbocycles. The minimum Gasteiger partial charge on any atom is -0.441 e. The maximum Gasteiger partial charge on any atom is 0.229 e. The minimum absolute atomic E-state index is 0.0600. The van der Waals surface area contributed by atoms with E-state index in [1.165, 1.54) is 29.8 Å². The molecular formula is C27H22F2N2O2. The van der Waals surface area contributed by atoms with Gasteiger partial charge in [0.05, 0.1) is 18.2 Å². The molecule has 1 aliphatic heterocycles. The lowest BCUT2D eigenvalue weighted by molar-refractivity contribution is -0.132. The highest BCUT2D eigenvalue weighted by molar-refractivity contribution is 5.80. The Morgan fingerprint density at radius 1 is 1.03 bits per heavy atom. The van der Waals surface area contributed by atoms with Crippen LogP contribution >= 0.6 is 0 Å². The molecule has 33 heavy (non-hydrogen) atoms. The molecule has 0 spiro atoms. The first-order chi connectivity index (χ1) is 16.0. The van der Waals surface area contributed by atoms with Gasteiger partial charge in [0.1, 0.15) is 17.4 Å². The molecular weight excluding hydrogens is 422 g/mol. The number of aromatic nitrogens is 1. The predicted molar refractivity (Wildman–Crippen MR) is 120 cm³/mol. The molecule has 1 amide bonds. The van der Waals surface area contributed by atoms with E-state index in [0.29, 0.717) is 23.6 Å². The number of fused-ring (bicyclic) bond motifs is 1. The highest BCUT2D eigenvalue weighted by Gasteiger charge is 2.32. The number of benzene rings is 3. The lowest BCUT2D eigenvalue weighted by atomic mass is 9.88. The quantitative estimate of drug-likeness (QED) is 0.409. The first-order valence-electron chi connectivity index (χ1n) is 10.8. The summed E-state index contributed by atoms with van der Waals surface area (Å²) in [5.74, 6) is 0.0205. The van der Waals surface area contributed by atoms with Gasteiger partial charge in [-0.15, -0.1) is 0 Å². The summed E-state index contributed by atoms with van der Waals surface area (Å²) in [6.45, 7) is 2.30. The molecule has 1 atom stereocenters. The Kier molecular flexibility index (Phi) is 5.50. The smallest absolute Gasteiger partial charge is 0.229 e. The Morgan fingerprint density at radius 2 is 1.82 bits per heavy atom. The molecule has 0 saturated carbocycles. The fourth-order valence-corrected chi connectivity index (χ4v) is 4.42. The summed E-state index contributed by atoms with van der Waals surface area (Å²) >= 11 is 0. The summed E-state index contributed by atoms with van der Waals surface area (Å²) in [6.07, 6.45) is 0.802. The zero-order chi connectivity index (χ0) is 22.9. The summed E-state index contributed by atoms with van der Waals surface area (Å²) < 4.78 is 32.9. The summed E-state index contributed by atoms with van der Waals surface area (Å²) in [5.41, 5.74) is 4.13. The van der Waals surface area contributed by atoms with Crippen LogP contribution in [0.2, 0.25) is 0 Å². The van der Waals surface area contributed by atoms with Crippen molar-refractivity contribution in [2.75, 3.05) is 6.54 Å². The van der Waals surface area contributed by atoms with Crippen molar-refractivity contribution in [3.8, 4) is 11.5 Å². The standard InChI is InChI=1S/C27H22F2N2O2/c1-17-24(30-27(33-17)20-6-4-7-22(29)15-20)16-25(32)31-14-13-18-5-2-3-8-23(18)26(31)19-9-11-21(28)12-10-19/h2-12,15,26H,13-14,16H2,1H3/t26-/m1/s1. The van der Waals surface area contributed by atoms with Crippen molar-refractivity contribution in [1.82, 2.24) is 9.88 Å². The third-order valence-corrected chi connectivity index (χ3v) is 6.07. The van der Waals surface area contributed by atoms with Crippen molar-refractivity contribution in [3.05, 3.63) is 113 Å². The molecule has 0 aliphatic carbocycles. The average Bonchev–Trinajstić information content (AvgIpc) is 3.19. The van der Waals surface area contributed by atoms with Gasteiger partial charge in [0, 0.05) is 12.1 Å². The highest BCUT2D eigenvalue weighted by Crippen LogP contribution is 2.36. The fraction of sp³-hybridized carbons (Fsp3) is 0.185. The van der Waals surface area contributed by atoms with Gasteiger partial charge in [-0.25, -0.2) is 13.8 Å². The maximum atomic E-state index is 13.6. The molecule has 0 radical (unpaired) electrons. The van der Waals surface area contributed by atoms with Gasteiger partial charge in [-0.3, -0.25) is 4.79 Å². The number of aryl methyl sites for hydroxylation is 1. The van der Waals surface area contributed by atoms with Crippen LogP contribution in [-0.4, -0.2) is 22.3 Å². The summed E-state index contributed by atoms with van der Waals surface area (Å²) in [7, 11) is 0. The summed E-state index contributed by atoms with van der Waals surface area (Å²) in [4.78, 5) is 19.8. The lowest BCUT2D eigenvalue weighted by Gasteiger charge is -2.38. The van der Waals surface area contributed by atoms with Crippen LogP contribution in [0.15, 0.2) is 77.2 Å². The van der Waals surface area contributed by atoms with E-state index in [1.54, 1.807) is 31.2 Å². The third-order valence-electron chi connectivity index (χ3n) is 6.07. The number of nitrogens with zero attached hydrogens (tertiary/aromatic N) is 2. The fourth-order valence-electron chi connectivity index (χ4n) is 4.42. The van der Waals surface area contributed by atoms with Crippen molar-refractivity contribution in [3.63, 3.8) is 0 Å². The van der Waals surface area contributed by atoms with Gasteiger partial charge < -0.3 is 9.32 Å². The number of hydrogen-bond donors (Lipinski definition) is 0. The number of hydrogen-bond acceptors (Lipinski definition) is 3. The Morgan fingerprint density at radius 3 is 2.61 bits per heavy atom. The minimum atomic E-state index is -0.380. The zero-order valence-corrected chi connectivity index (χ0v) is 18.1. The molecule has 0 unspecified atom stereocenters. The van der Waals surface area contributed by atoms with Crippen LogP contribution in [0.3, 0.4) is 0 Å². The van der Waals surface area contributed by atoms with E-state index >= 15 is 0 Å². The van der Waals surface area contributed by atoms with Crippen LogP contribution in [0, 0.1) is 18.6 Å². The third kappa shape index (κ3) is 4.16. The molecule has 4 nitrogen and oxygen atoms in total. The van der Waals surface area contributed by atoms with Gasteiger partial charge >= 0.3 is 0 Å². The maximum absolute atomic E-state index is 13.6. The van der Waals surface area contributed by atoms with Crippen LogP contribution in [0.25, 0.3) is 11.5 Å². The molecule has 4 aromatic rings. The largest absolute Gasteiger partial charge is 0.441 e. The number of amides is 1. The van der Waals surface area contributed by atoms with Crippen LogP contribution in [-0.2, 0) is 17.6 Å². The van der Waals surface area contributed by atoms with Crippen LogP contribution in [0.1, 0.15) is 34.2 Å². The molecule has 166 valence electrons. The molecule has 6 heteroatoms. The Labute approximate surface area is 190 Å². The van der Waals surface area contributed by atoms with Gasteiger partial charge in [-0.1, -0.05) is 42.5 Å². The van der Waals surface area contributed by atoms with Crippen LogP contribution in [0.4, 0.5) is 8.78 Å². The van der Waals surface area contributed by atoms with Gasteiger partial charge in [0.2, 0.25) is 11.8 Å². The van der Waals surface area contributed by atoms with Gasteiger partial charge in [-0.2, -0.15) is 0 Å². The van der Waals surface area contributed by atoms with E-state index in [2.05, 4.69) is 11.1 Å². The summed E-state index contributed by atoms with van der Waals surface area (Å²) in [6, 6.07) is 20.0. The lowest BCUT2D eigenvalue weighted by Crippen LogP contribution is -2.41. The molecule has 0 N–H and O–H groups in total. The summed E-state index contributed by atoms with van der Waals surface area (Å²) in [5, 5.41) is 0. The Bertz CT molecular complexity index is 1310. The second-order valence-electron chi connectivity index (χ2n) is 8.20. The van der Waals surface area contributed by atoms with Crippen molar-refractivity contribution < 1.29 is 18.0 Å². The molecule has 0 bridgehead atoms. The second kappa shape index (κ2) is 8.62.